The number of aryl methyl sites for hydroxylation is 2. The van der Waals surface area contributed by atoms with Gasteiger partial charge in [0.2, 0.25) is 0 Å². The molecule has 3 heteroatoms. The van der Waals surface area contributed by atoms with Gasteiger partial charge in [0.25, 0.3) is 0 Å². The van der Waals surface area contributed by atoms with E-state index in [0.717, 1.165) is 33.9 Å². The molecule has 2 aromatic rings. The first-order chi connectivity index (χ1) is 9.02. The zero-order valence-corrected chi connectivity index (χ0v) is 12.2. The van der Waals surface area contributed by atoms with Gasteiger partial charge in [0, 0.05) is 24.1 Å². The second kappa shape index (κ2) is 5.49. The summed E-state index contributed by atoms with van der Waals surface area (Å²) in [4.78, 5) is 9.11. The molecule has 0 bridgehead atoms. The van der Waals surface area contributed by atoms with Crippen molar-refractivity contribution >= 4 is 0 Å². The SMILES string of the molecule is COC(C)c1ccc(-c2nc(C)c(C)c(C)n2)cc1. The zero-order chi connectivity index (χ0) is 14.0. The molecule has 1 aromatic carbocycles. The van der Waals surface area contributed by atoms with Crippen molar-refractivity contribution in [1.82, 2.24) is 9.97 Å². The number of aromatic nitrogens is 2. The lowest BCUT2D eigenvalue weighted by Gasteiger charge is -2.11. The monoisotopic (exact) mass is 256 g/mol. The summed E-state index contributed by atoms with van der Waals surface area (Å²) in [5.74, 6) is 0.789. The molecular weight excluding hydrogens is 236 g/mol. The van der Waals surface area contributed by atoms with Crippen molar-refractivity contribution in [3.63, 3.8) is 0 Å². The van der Waals surface area contributed by atoms with Crippen LogP contribution in [0.15, 0.2) is 24.3 Å². The van der Waals surface area contributed by atoms with Crippen LogP contribution >= 0.6 is 0 Å². The molecule has 0 amide bonds. The minimum absolute atomic E-state index is 0.108. The Hall–Kier alpha value is -1.74. The summed E-state index contributed by atoms with van der Waals surface area (Å²) in [6, 6.07) is 8.23. The highest BCUT2D eigenvalue weighted by atomic mass is 16.5. The Bertz CT molecular complexity index is 553. The highest BCUT2D eigenvalue weighted by molar-refractivity contribution is 5.56. The molecule has 1 atom stereocenters. The van der Waals surface area contributed by atoms with Gasteiger partial charge >= 0.3 is 0 Å². The third-order valence-corrected chi connectivity index (χ3v) is 3.62. The molecule has 0 aliphatic heterocycles. The first-order valence-electron chi connectivity index (χ1n) is 6.48. The average Bonchev–Trinajstić information content (AvgIpc) is 2.43. The van der Waals surface area contributed by atoms with Crippen LogP contribution in [-0.2, 0) is 4.74 Å². The van der Waals surface area contributed by atoms with Crippen LogP contribution in [0.5, 0.6) is 0 Å². The molecule has 0 aliphatic carbocycles. The molecule has 2 rings (SSSR count). The maximum absolute atomic E-state index is 5.30. The van der Waals surface area contributed by atoms with Gasteiger partial charge < -0.3 is 4.74 Å². The molecule has 1 aromatic heterocycles. The molecule has 0 fully saturated rings. The van der Waals surface area contributed by atoms with E-state index in [1.165, 1.54) is 0 Å². The van der Waals surface area contributed by atoms with Gasteiger partial charge in [-0.3, -0.25) is 0 Å². The highest BCUT2D eigenvalue weighted by Crippen LogP contribution is 2.22. The van der Waals surface area contributed by atoms with Gasteiger partial charge in [0.15, 0.2) is 5.82 Å². The van der Waals surface area contributed by atoms with E-state index in [-0.39, 0.29) is 6.10 Å². The molecule has 1 heterocycles. The molecule has 0 N–H and O–H groups in total. The standard InChI is InChI=1S/C16H20N2O/c1-10-11(2)17-16(18-12(10)3)15-8-6-14(7-9-15)13(4)19-5/h6-9,13H,1-5H3. The Morgan fingerprint density at radius 1 is 0.947 bits per heavy atom. The molecule has 0 saturated carbocycles. The molecule has 0 aliphatic rings. The van der Waals surface area contributed by atoms with Crippen molar-refractivity contribution in [1.29, 1.82) is 0 Å². The van der Waals surface area contributed by atoms with E-state index in [4.69, 9.17) is 4.74 Å². The Morgan fingerprint density at radius 3 is 1.95 bits per heavy atom. The molecule has 100 valence electrons. The van der Waals surface area contributed by atoms with Crippen LogP contribution in [0.1, 0.15) is 35.5 Å². The second-order valence-corrected chi connectivity index (χ2v) is 4.84. The van der Waals surface area contributed by atoms with Crippen LogP contribution in [0.3, 0.4) is 0 Å². The zero-order valence-electron chi connectivity index (χ0n) is 12.2. The van der Waals surface area contributed by atoms with Crippen molar-refractivity contribution in [2.75, 3.05) is 7.11 Å². The normalized spacial score (nSPS) is 12.5. The van der Waals surface area contributed by atoms with Crippen molar-refractivity contribution in [3.8, 4) is 11.4 Å². The van der Waals surface area contributed by atoms with E-state index in [9.17, 15) is 0 Å². The second-order valence-electron chi connectivity index (χ2n) is 4.84. The van der Waals surface area contributed by atoms with Crippen LogP contribution in [0, 0.1) is 20.8 Å². The number of methoxy groups -OCH3 is 1. The lowest BCUT2D eigenvalue weighted by Crippen LogP contribution is -2.00. The van der Waals surface area contributed by atoms with E-state index in [2.05, 4.69) is 41.2 Å². The number of benzene rings is 1. The fourth-order valence-corrected chi connectivity index (χ4v) is 1.94. The van der Waals surface area contributed by atoms with Crippen molar-refractivity contribution in [2.45, 2.75) is 33.8 Å². The van der Waals surface area contributed by atoms with Gasteiger partial charge in [-0.15, -0.1) is 0 Å². The molecule has 1 unspecified atom stereocenters. The number of rotatable bonds is 3. The summed E-state index contributed by atoms with van der Waals surface area (Å²) < 4.78 is 5.30. The smallest absolute Gasteiger partial charge is 0.159 e. The van der Waals surface area contributed by atoms with Crippen molar-refractivity contribution in [2.24, 2.45) is 0 Å². The summed E-state index contributed by atoms with van der Waals surface area (Å²) in [6.07, 6.45) is 0.108. The highest BCUT2D eigenvalue weighted by Gasteiger charge is 2.08. The number of hydrogen-bond donors (Lipinski definition) is 0. The van der Waals surface area contributed by atoms with Gasteiger partial charge in [0.1, 0.15) is 0 Å². The van der Waals surface area contributed by atoms with Gasteiger partial charge in [-0.2, -0.15) is 0 Å². The van der Waals surface area contributed by atoms with Crippen LogP contribution in [0.2, 0.25) is 0 Å². The molecule has 0 radical (unpaired) electrons. The first kappa shape index (κ1) is 13.7. The van der Waals surface area contributed by atoms with E-state index in [0.29, 0.717) is 0 Å². The minimum atomic E-state index is 0.108. The summed E-state index contributed by atoms with van der Waals surface area (Å²) in [5.41, 5.74) is 5.44. The van der Waals surface area contributed by atoms with Crippen LogP contribution < -0.4 is 0 Å². The summed E-state index contributed by atoms with van der Waals surface area (Å²) >= 11 is 0. The quantitative estimate of drug-likeness (QED) is 0.838. The number of ether oxygens (including phenoxy) is 1. The Kier molecular flexibility index (Phi) is 3.96. The summed E-state index contributed by atoms with van der Waals surface area (Å²) in [5, 5.41) is 0. The predicted octanol–water partition coefficient (Wildman–Crippen LogP) is 3.78. The number of hydrogen-bond acceptors (Lipinski definition) is 3. The largest absolute Gasteiger partial charge is 0.377 e. The Morgan fingerprint density at radius 2 is 1.47 bits per heavy atom. The summed E-state index contributed by atoms with van der Waals surface area (Å²) in [6.45, 7) is 8.13. The maximum atomic E-state index is 5.30. The van der Waals surface area contributed by atoms with Gasteiger partial charge in [-0.1, -0.05) is 24.3 Å². The average molecular weight is 256 g/mol. The molecule has 0 spiro atoms. The van der Waals surface area contributed by atoms with Crippen LogP contribution in [0.25, 0.3) is 11.4 Å². The van der Waals surface area contributed by atoms with E-state index in [1.54, 1.807) is 7.11 Å². The van der Waals surface area contributed by atoms with Crippen LogP contribution in [0.4, 0.5) is 0 Å². The van der Waals surface area contributed by atoms with Crippen molar-refractivity contribution < 1.29 is 4.74 Å². The third-order valence-electron chi connectivity index (χ3n) is 3.62. The van der Waals surface area contributed by atoms with Gasteiger partial charge in [-0.25, -0.2) is 9.97 Å². The lowest BCUT2D eigenvalue weighted by atomic mass is 10.1. The third kappa shape index (κ3) is 2.82. The van der Waals surface area contributed by atoms with Gasteiger partial charge in [-0.05, 0) is 38.8 Å². The first-order valence-corrected chi connectivity index (χ1v) is 6.48. The molecule has 3 nitrogen and oxygen atoms in total. The Balaban J connectivity index is 2.37. The van der Waals surface area contributed by atoms with Crippen molar-refractivity contribution in [3.05, 3.63) is 46.8 Å². The van der Waals surface area contributed by atoms with E-state index < -0.39 is 0 Å². The van der Waals surface area contributed by atoms with Crippen LogP contribution in [-0.4, -0.2) is 17.1 Å². The molecule has 19 heavy (non-hydrogen) atoms. The number of nitrogens with zero attached hydrogens (tertiary/aromatic N) is 2. The Labute approximate surface area is 114 Å². The van der Waals surface area contributed by atoms with E-state index in [1.807, 2.05) is 20.8 Å². The molecule has 0 saturated heterocycles. The maximum Gasteiger partial charge on any atom is 0.159 e. The topological polar surface area (TPSA) is 35.0 Å². The van der Waals surface area contributed by atoms with Gasteiger partial charge in [0.05, 0.1) is 6.10 Å². The predicted molar refractivity (Wildman–Crippen MR) is 77.1 cm³/mol. The molecular formula is C16H20N2O. The fraction of sp³-hybridized carbons (Fsp3) is 0.375. The minimum Gasteiger partial charge on any atom is -0.377 e. The van der Waals surface area contributed by atoms with E-state index >= 15 is 0 Å². The lowest BCUT2D eigenvalue weighted by molar-refractivity contribution is 0.119. The fourth-order valence-electron chi connectivity index (χ4n) is 1.94. The summed E-state index contributed by atoms with van der Waals surface area (Å²) in [7, 11) is 1.72.